The Morgan fingerprint density at radius 2 is 0.603 bits per heavy atom. The SMILES string of the molecule is CCC(O)CCCCOC(=O)c1cc(C(=O)OCCCCC(O)CO)cc(-c2ccc(-c3ccc(-c4cc(C(=O)OCCCCC(O)CO)cc(C(=O)OCCCCC(O)CO)c4)cc3)cc2)c1. The molecule has 0 amide bonds. The fourth-order valence-electron chi connectivity index (χ4n) is 7.17. The van der Waals surface area contributed by atoms with E-state index in [1.807, 2.05) is 55.5 Å². The van der Waals surface area contributed by atoms with Crippen LogP contribution < -0.4 is 0 Å². The van der Waals surface area contributed by atoms with Crippen molar-refractivity contribution in [1.82, 2.24) is 0 Å². The molecule has 4 atom stereocenters. The lowest BCUT2D eigenvalue weighted by Gasteiger charge is -2.13. The van der Waals surface area contributed by atoms with Gasteiger partial charge in [-0.3, -0.25) is 0 Å². The monoisotopic (exact) mass is 944 g/mol. The largest absolute Gasteiger partial charge is 0.462 e. The molecule has 4 rings (SSSR count). The van der Waals surface area contributed by atoms with Gasteiger partial charge in [-0.1, -0.05) is 55.5 Å². The number of hydrogen-bond acceptors (Lipinski definition) is 15. The maximum absolute atomic E-state index is 13.3. The molecule has 370 valence electrons. The van der Waals surface area contributed by atoms with Gasteiger partial charge in [0.25, 0.3) is 0 Å². The molecule has 0 radical (unpaired) electrons. The fourth-order valence-corrected chi connectivity index (χ4v) is 7.17. The van der Waals surface area contributed by atoms with Crippen molar-refractivity contribution in [2.24, 2.45) is 0 Å². The van der Waals surface area contributed by atoms with Crippen LogP contribution >= 0.6 is 0 Å². The lowest BCUT2D eigenvalue weighted by Crippen LogP contribution is -2.13. The first kappa shape index (κ1) is 55.1. The molecule has 0 bridgehead atoms. The lowest BCUT2D eigenvalue weighted by molar-refractivity contribution is 0.0465. The zero-order valence-corrected chi connectivity index (χ0v) is 38.9. The molecule has 7 N–H and O–H groups in total. The number of esters is 4. The molecule has 0 aliphatic rings. The number of benzene rings is 4. The van der Waals surface area contributed by atoms with Crippen molar-refractivity contribution in [2.45, 2.75) is 115 Å². The van der Waals surface area contributed by atoms with Gasteiger partial charge in [-0.15, -0.1) is 0 Å². The molecule has 0 aliphatic heterocycles. The summed E-state index contributed by atoms with van der Waals surface area (Å²) in [6.07, 6.45) is 3.73. The highest BCUT2D eigenvalue weighted by Crippen LogP contribution is 2.30. The summed E-state index contributed by atoms with van der Waals surface area (Å²) < 4.78 is 22.0. The van der Waals surface area contributed by atoms with Crippen molar-refractivity contribution in [2.75, 3.05) is 46.2 Å². The highest BCUT2D eigenvalue weighted by molar-refractivity contribution is 5.99. The van der Waals surface area contributed by atoms with Gasteiger partial charge in [-0.25, -0.2) is 19.2 Å². The fraction of sp³-hybridized carbons (Fsp3) is 0.472. The zero-order valence-electron chi connectivity index (χ0n) is 38.9. The second kappa shape index (κ2) is 30.1. The molecule has 0 saturated heterocycles. The summed E-state index contributed by atoms with van der Waals surface area (Å²) in [5.41, 5.74) is 4.89. The molecule has 4 aromatic carbocycles. The van der Waals surface area contributed by atoms with Gasteiger partial charge in [0.15, 0.2) is 0 Å². The number of rotatable bonds is 31. The van der Waals surface area contributed by atoms with Gasteiger partial charge in [0, 0.05) is 0 Å². The van der Waals surface area contributed by atoms with Gasteiger partial charge in [0.1, 0.15) is 0 Å². The summed E-state index contributed by atoms with van der Waals surface area (Å²) in [6.45, 7) is 1.26. The van der Waals surface area contributed by atoms with E-state index in [9.17, 15) is 39.6 Å². The minimum atomic E-state index is -0.840. The van der Waals surface area contributed by atoms with Crippen LogP contribution in [-0.4, -0.2) is 130 Å². The Labute approximate surface area is 398 Å². The molecular formula is C53H68O15. The Morgan fingerprint density at radius 3 is 0.838 bits per heavy atom. The molecule has 0 spiro atoms. The number of aliphatic hydroxyl groups excluding tert-OH is 7. The second-order valence-corrected chi connectivity index (χ2v) is 16.9. The number of hydrogen-bond donors (Lipinski definition) is 7. The van der Waals surface area contributed by atoms with E-state index in [1.165, 1.54) is 12.1 Å². The van der Waals surface area contributed by atoms with Gasteiger partial charge in [-0.2, -0.15) is 0 Å². The van der Waals surface area contributed by atoms with Crippen molar-refractivity contribution < 1.29 is 73.9 Å². The van der Waals surface area contributed by atoms with E-state index in [0.29, 0.717) is 106 Å². The number of ether oxygens (including phenoxy) is 4. The molecule has 15 nitrogen and oxygen atoms in total. The maximum Gasteiger partial charge on any atom is 0.338 e. The van der Waals surface area contributed by atoms with Crippen molar-refractivity contribution in [3.8, 4) is 33.4 Å². The van der Waals surface area contributed by atoms with E-state index < -0.39 is 48.3 Å². The van der Waals surface area contributed by atoms with E-state index in [2.05, 4.69) is 0 Å². The average Bonchev–Trinajstić information content (AvgIpc) is 3.37. The molecule has 0 aliphatic carbocycles. The topological polar surface area (TPSA) is 247 Å². The standard InChI is InChI=1S/C53H68O15/c1-2-46(57)11-3-7-23-65-50(61)42-27-40(28-43(31-42)51(62)66-24-8-4-12-47(58)33-54)38-19-15-36(16-20-38)37-17-21-39(22-18-37)41-29-44(52(63)67-25-9-5-13-48(59)34-55)32-45(30-41)53(64)68-26-10-6-14-49(60)35-56/h15-22,27-32,46-49,54-60H,2-14,23-26,33-35H2,1H3. The first-order valence-corrected chi connectivity index (χ1v) is 23.6. The summed E-state index contributed by atoms with van der Waals surface area (Å²) in [6, 6.07) is 24.5. The molecule has 15 heteroatoms. The van der Waals surface area contributed by atoms with E-state index in [0.717, 1.165) is 11.1 Å². The molecule has 0 heterocycles. The van der Waals surface area contributed by atoms with Gasteiger partial charge in [0.2, 0.25) is 0 Å². The first-order chi connectivity index (χ1) is 32.8. The quantitative estimate of drug-likeness (QED) is 0.0155. The van der Waals surface area contributed by atoms with Crippen LogP contribution in [0.1, 0.15) is 132 Å². The van der Waals surface area contributed by atoms with Gasteiger partial charge >= 0.3 is 23.9 Å². The molecule has 4 unspecified atom stereocenters. The molecule has 4 aromatic rings. The van der Waals surface area contributed by atoms with Crippen molar-refractivity contribution >= 4 is 23.9 Å². The smallest absolute Gasteiger partial charge is 0.338 e. The molecule has 0 aromatic heterocycles. The van der Waals surface area contributed by atoms with E-state index in [-0.39, 0.29) is 68.5 Å². The Bertz CT molecular complexity index is 1900. The third-order valence-corrected chi connectivity index (χ3v) is 11.3. The molecule has 0 fully saturated rings. The number of aliphatic hydroxyl groups is 7. The summed E-state index contributed by atoms with van der Waals surface area (Å²) >= 11 is 0. The minimum absolute atomic E-state index is 0.0759. The molecule has 0 saturated carbocycles. The Kier molecular flexibility index (Phi) is 24.4. The van der Waals surface area contributed by atoms with Crippen molar-refractivity contribution in [3.63, 3.8) is 0 Å². The third kappa shape index (κ3) is 18.9. The molecular weight excluding hydrogens is 877 g/mol. The normalized spacial score (nSPS) is 13.0. The lowest BCUT2D eigenvalue weighted by atomic mass is 9.95. The Morgan fingerprint density at radius 1 is 0.368 bits per heavy atom. The first-order valence-electron chi connectivity index (χ1n) is 23.6. The predicted octanol–water partition coefficient (Wildman–Crippen LogP) is 6.83. The van der Waals surface area contributed by atoms with Crippen LogP contribution in [0.5, 0.6) is 0 Å². The second-order valence-electron chi connectivity index (χ2n) is 16.9. The van der Waals surface area contributed by atoms with Crippen LogP contribution in [0.25, 0.3) is 33.4 Å². The van der Waals surface area contributed by atoms with Crippen molar-refractivity contribution in [3.05, 3.63) is 107 Å². The van der Waals surface area contributed by atoms with Gasteiger partial charge < -0.3 is 54.7 Å². The highest BCUT2D eigenvalue weighted by Gasteiger charge is 2.19. The van der Waals surface area contributed by atoms with Gasteiger partial charge in [-0.05, 0) is 153 Å². The van der Waals surface area contributed by atoms with Crippen LogP contribution in [0.3, 0.4) is 0 Å². The third-order valence-electron chi connectivity index (χ3n) is 11.3. The summed E-state index contributed by atoms with van der Waals surface area (Å²) in [5, 5.41) is 65.8. The number of carbonyl (C=O) groups excluding carboxylic acids is 4. The maximum atomic E-state index is 13.3. The van der Waals surface area contributed by atoms with E-state index >= 15 is 0 Å². The molecule has 68 heavy (non-hydrogen) atoms. The highest BCUT2D eigenvalue weighted by atomic mass is 16.5. The summed E-state index contributed by atoms with van der Waals surface area (Å²) in [4.78, 5) is 53.0. The van der Waals surface area contributed by atoms with Crippen LogP contribution in [0, 0.1) is 0 Å². The summed E-state index contributed by atoms with van der Waals surface area (Å²) in [7, 11) is 0. The van der Waals surface area contributed by atoms with Crippen LogP contribution in [0.2, 0.25) is 0 Å². The van der Waals surface area contributed by atoms with Gasteiger partial charge in [0.05, 0.1) is 92.9 Å². The van der Waals surface area contributed by atoms with Crippen LogP contribution in [-0.2, 0) is 18.9 Å². The summed E-state index contributed by atoms with van der Waals surface area (Å²) in [5.74, 6) is -2.51. The van der Waals surface area contributed by atoms with Crippen LogP contribution in [0.4, 0.5) is 0 Å². The number of unbranched alkanes of at least 4 members (excludes halogenated alkanes) is 4. The van der Waals surface area contributed by atoms with Crippen molar-refractivity contribution in [1.29, 1.82) is 0 Å². The Hall–Kier alpha value is -5.52. The van der Waals surface area contributed by atoms with Crippen LogP contribution in [0.15, 0.2) is 84.9 Å². The predicted molar refractivity (Wildman–Crippen MR) is 255 cm³/mol. The Balaban J connectivity index is 1.53. The number of carbonyl (C=O) groups is 4. The average molecular weight is 945 g/mol. The zero-order chi connectivity index (χ0) is 49.3. The van der Waals surface area contributed by atoms with E-state index in [1.54, 1.807) is 24.3 Å². The minimum Gasteiger partial charge on any atom is -0.462 e. The van der Waals surface area contributed by atoms with E-state index in [4.69, 9.17) is 34.3 Å².